The van der Waals surface area contributed by atoms with Gasteiger partial charge in [0.2, 0.25) is 8.54 Å². The van der Waals surface area contributed by atoms with Crippen LogP contribution < -0.4 is 0 Å². The molecule has 0 bridgehead atoms. The van der Waals surface area contributed by atoms with Crippen molar-refractivity contribution in [1.82, 2.24) is 0 Å². The molecule has 0 aliphatic carbocycles. The summed E-state index contributed by atoms with van der Waals surface area (Å²) in [6.45, 7) is 3.08. The highest BCUT2D eigenvalue weighted by atomic mass is 31.2. The molecule has 0 atom stereocenters. The van der Waals surface area contributed by atoms with Crippen LogP contribution in [-0.4, -0.2) is 0 Å². The number of hydrogen-bond acceptors (Lipinski definition) is 0. The molecule has 0 rings (SSSR count). The maximum absolute atomic E-state index is 11.0. The first-order valence-electron chi connectivity index (χ1n) is 1.34. The Labute approximate surface area is 36.9 Å². The smallest absolute Gasteiger partial charge is 0.207 e. The minimum atomic E-state index is -2.84. The Kier molecular flexibility index (Phi) is 3.05. The van der Waals surface area contributed by atoms with Crippen molar-refractivity contribution in [3.63, 3.8) is 0 Å². The van der Waals surface area contributed by atoms with Gasteiger partial charge in [0.05, 0.1) is 0 Å². The van der Waals surface area contributed by atoms with Crippen LogP contribution in [0.3, 0.4) is 0 Å². The first-order chi connectivity index (χ1) is 2.77. The van der Waals surface area contributed by atoms with Crippen LogP contribution >= 0.6 is 8.54 Å². The number of rotatable bonds is 2. The fraction of sp³-hybridized carbons (Fsp3) is 0. The van der Waals surface area contributed by atoms with Crippen LogP contribution in [0.15, 0.2) is 12.7 Å². The van der Waals surface area contributed by atoms with Gasteiger partial charge in [-0.05, 0) is 0 Å². The number of halogens is 2. The summed E-state index contributed by atoms with van der Waals surface area (Å²) in [5.41, 5.74) is 0. The van der Waals surface area contributed by atoms with Gasteiger partial charge < -0.3 is 0 Å². The van der Waals surface area contributed by atoms with Crippen molar-refractivity contribution < 1.29 is 8.39 Å². The average molecular weight is 109 g/mol. The predicted octanol–water partition coefficient (Wildman–Crippen LogP) is 2.59. The Morgan fingerprint density at radius 2 is 2.17 bits per heavy atom. The van der Waals surface area contributed by atoms with E-state index in [1.54, 1.807) is 0 Å². The van der Waals surface area contributed by atoms with Crippen molar-refractivity contribution in [3.8, 4) is 0 Å². The second-order valence-corrected chi connectivity index (χ2v) is 1.46. The predicted molar refractivity (Wildman–Crippen MR) is 23.6 cm³/mol. The molecule has 0 aromatic carbocycles. The second-order valence-electron chi connectivity index (χ2n) is 0.644. The summed E-state index contributed by atoms with van der Waals surface area (Å²) >= 11 is 0. The third-order valence-corrected chi connectivity index (χ3v) is 0.654. The van der Waals surface area contributed by atoms with E-state index in [0.717, 1.165) is 12.2 Å². The third-order valence-electron chi connectivity index (χ3n) is 0.218. The molecule has 0 radical (unpaired) electrons. The summed E-state index contributed by atoms with van der Waals surface area (Å²) in [6.07, 6.45) is 1.89. The summed E-state index contributed by atoms with van der Waals surface area (Å²) in [4.78, 5) is 0. The van der Waals surface area contributed by atoms with Crippen LogP contribution in [0.4, 0.5) is 8.39 Å². The summed E-state index contributed by atoms with van der Waals surface area (Å²) in [5, 5.41) is 0. The minimum absolute atomic E-state index is 0.787. The van der Waals surface area contributed by atoms with Crippen LogP contribution in [0.1, 0.15) is 0 Å². The first-order valence-corrected chi connectivity index (χ1v) is 2.53. The molecular weight excluding hydrogens is 105 g/mol. The molecule has 0 N–H and O–H groups in total. The van der Waals surface area contributed by atoms with Gasteiger partial charge in [0.15, 0.2) is 0 Å². The molecule has 0 nitrogen and oxygen atoms in total. The molecule has 0 aliphatic heterocycles. The van der Waals surface area contributed by atoms with E-state index in [1.165, 1.54) is 0 Å². The molecule has 0 aromatic heterocycles. The molecule has 0 aliphatic rings. The Morgan fingerprint density at radius 3 is 2.17 bits per heavy atom. The molecule has 3 heteroatoms. The van der Waals surface area contributed by atoms with E-state index in [4.69, 9.17) is 0 Å². The van der Waals surface area contributed by atoms with Gasteiger partial charge in [0, 0.05) is 0 Å². The van der Waals surface area contributed by atoms with Gasteiger partial charge in [-0.3, -0.25) is 0 Å². The zero-order valence-corrected chi connectivity index (χ0v) is 3.96. The van der Waals surface area contributed by atoms with Crippen LogP contribution in [0.5, 0.6) is 0 Å². The minimum Gasteiger partial charge on any atom is -0.245 e. The molecule has 0 saturated heterocycles. The summed E-state index contributed by atoms with van der Waals surface area (Å²) in [6, 6.07) is 0. The maximum Gasteiger partial charge on any atom is 0.207 e. The van der Waals surface area contributed by atoms with E-state index in [0.29, 0.717) is 0 Å². The monoisotopic (exact) mass is 109 g/mol. The van der Waals surface area contributed by atoms with Gasteiger partial charge in [0.25, 0.3) is 0 Å². The van der Waals surface area contributed by atoms with Gasteiger partial charge in [-0.15, -0.1) is 6.16 Å². The molecule has 36 valence electrons. The van der Waals surface area contributed by atoms with E-state index in [9.17, 15) is 8.39 Å². The summed E-state index contributed by atoms with van der Waals surface area (Å²) < 4.78 is 21.9. The zero-order chi connectivity index (χ0) is 4.99. The average Bonchev–Trinajstić information content (AvgIpc) is 1.35. The van der Waals surface area contributed by atoms with E-state index in [2.05, 4.69) is 6.58 Å². The topological polar surface area (TPSA) is 0 Å². The summed E-state index contributed by atoms with van der Waals surface area (Å²) in [5.74, 6) is 0. The van der Waals surface area contributed by atoms with E-state index < -0.39 is 8.54 Å². The fourth-order valence-electron chi connectivity index (χ4n) is 0.0797. The van der Waals surface area contributed by atoms with Crippen molar-refractivity contribution >= 4 is 8.54 Å². The quantitative estimate of drug-likeness (QED) is 0.377. The lowest BCUT2D eigenvalue weighted by atomic mass is 10.8. The van der Waals surface area contributed by atoms with Crippen molar-refractivity contribution in [2.45, 2.75) is 0 Å². The lowest BCUT2D eigenvalue weighted by molar-refractivity contribution is 0.757. The standard InChI is InChI=1S/C3H4F2P/c1-2-3-6(4)5/h2-3H,1H2/q-1. The largest absolute Gasteiger partial charge is 0.245 e. The van der Waals surface area contributed by atoms with Crippen LogP contribution in [0.2, 0.25) is 0 Å². The zero-order valence-electron chi connectivity index (χ0n) is 3.06. The van der Waals surface area contributed by atoms with Crippen molar-refractivity contribution in [3.05, 3.63) is 18.8 Å². The lowest BCUT2D eigenvalue weighted by Crippen LogP contribution is -1.47. The normalized spacial score (nSPS) is 8.50. The second kappa shape index (κ2) is 3.10. The van der Waals surface area contributed by atoms with E-state index >= 15 is 0 Å². The Balaban J connectivity index is 2.81. The van der Waals surface area contributed by atoms with Crippen molar-refractivity contribution in [1.29, 1.82) is 0 Å². The van der Waals surface area contributed by atoms with Crippen LogP contribution in [0.25, 0.3) is 0 Å². The van der Waals surface area contributed by atoms with Gasteiger partial charge >= 0.3 is 0 Å². The Morgan fingerprint density at radius 1 is 1.67 bits per heavy atom. The van der Waals surface area contributed by atoms with Crippen molar-refractivity contribution in [2.24, 2.45) is 0 Å². The van der Waals surface area contributed by atoms with Gasteiger partial charge in [-0.2, -0.15) is 0 Å². The highest BCUT2D eigenvalue weighted by molar-refractivity contribution is 7.49. The fourth-order valence-corrected chi connectivity index (χ4v) is 0.239. The molecule has 0 unspecified atom stereocenters. The Hall–Kier alpha value is -0.100. The third kappa shape index (κ3) is 3.90. The van der Waals surface area contributed by atoms with Gasteiger partial charge in [-0.25, -0.2) is 21.0 Å². The Bertz CT molecular complexity index is 44.1. The molecule has 6 heavy (non-hydrogen) atoms. The molecule has 0 fully saturated rings. The maximum atomic E-state index is 11.0. The first kappa shape index (κ1) is 5.90. The highest BCUT2D eigenvalue weighted by Gasteiger charge is 1.86. The van der Waals surface area contributed by atoms with Gasteiger partial charge in [0.1, 0.15) is 0 Å². The van der Waals surface area contributed by atoms with E-state index in [1.807, 2.05) is 0 Å². The summed E-state index contributed by atoms with van der Waals surface area (Å²) in [7, 11) is -2.84. The van der Waals surface area contributed by atoms with E-state index in [-0.39, 0.29) is 0 Å². The number of allylic oxidation sites excluding steroid dienone is 1. The molecule has 0 aromatic rings. The van der Waals surface area contributed by atoms with Gasteiger partial charge in [-0.1, -0.05) is 0 Å². The molecule has 0 saturated carbocycles. The van der Waals surface area contributed by atoms with Crippen LogP contribution in [-0.2, 0) is 0 Å². The lowest BCUT2D eigenvalue weighted by Gasteiger charge is -1.91. The molecule has 0 heterocycles. The number of hydrogen-bond donors (Lipinski definition) is 0. The van der Waals surface area contributed by atoms with Crippen LogP contribution in [0, 0.1) is 6.16 Å². The highest BCUT2D eigenvalue weighted by Crippen LogP contribution is 2.41. The van der Waals surface area contributed by atoms with Crippen molar-refractivity contribution in [2.75, 3.05) is 0 Å². The molecule has 0 spiro atoms. The molecular formula is C3H4F2P-. The molecule has 0 amide bonds. The SMILES string of the molecule is C=C[CH-]P(F)F.